The Balaban J connectivity index is 2.31. The number of carbonyl (C=O) groups excluding carboxylic acids is 2. The number of aryl methyl sites for hydroxylation is 2. The van der Waals surface area contributed by atoms with Crippen LogP contribution in [0.3, 0.4) is 0 Å². The molecule has 2 rings (SSSR count). The van der Waals surface area contributed by atoms with Crippen molar-refractivity contribution >= 4 is 29.0 Å². The van der Waals surface area contributed by atoms with E-state index in [1.165, 1.54) is 16.0 Å². The maximum atomic E-state index is 12.1. The van der Waals surface area contributed by atoms with Crippen molar-refractivity contribution in [1.29, 1.82) is 0 Å². The second-order valence-corrected chi connectivity index (χ2v) is 5.03. The molecule has 1 N–H and O–H groups in total. The van der Waals surface area contributed by atoms with Crippen LogP contribution in [0.4, 0.5) is 5.82 Å². The number of nitrogens with one attached hydrogen (secondary N) is 1. The van der Waals surface area contributed by atoms with Gasteiger partial charge in [0.15, 0.2) is 0 Å². The second kappa shape index (κ2) is 5.87. The molecule has 0 saturated heterocycles. The van der Waals surface area contributed by atoms with Gasteiger partial charge in [-0.2, -0.15) is 5.10 Å². The molecule has 0 unspecified atom stereocenters. The summed E-state index contributed by atoms with van der Waals surface area (Å²) in [7, 11) is 1.67. The molecule has 2 aromatic rings. The number of hydrogen-bond acceptors (Lipinski definition) is 5. The van der Waals surface area contributed by atoms with Gasteiger partial charge in [-0.15, -0.1) is 11.3 Å². The first-order chi connectivity index (χ1) is 9.54. The van der Waals surface area contributed by atoms with E-state index in [-0.39, 0.29) is 12.5 Å². The lowest BCUT2D eigenvalue weighted by Gasteiger charge is -2.07. The summed E-state index contributed by atoms with van der Waals surface area (Å²) in [5, 5.41) is 8.68. The number of amides is 1. The van der Waals surface area contributed by atoms with Crippen LogP contribution in [-0.4, -0.2) is 28.3 Å². The largest absolute Gasteiger partial charge is 0.462 e. The molecule has 106 valence electrons. The van der Waals surface area contributed by atoms with Gasteiger partial charge in [-0.1, -0.05) is 6.07 Å². The molecular formula is C13H15N3O3S. The van der Waals surface area contributed by atoms with E-state index in [0.717, 1.165) is 0 Å². The number of ether oxygens (including phenoxy) is 1. The number of thiophene rings is 1. The molecule has 0 aliphatic heterocycles. The molecule has 0 aromatic carbocycles. The lowest BCUT2D eigenvalue weighted by molar-refractivity contribution is 0.0526. The minimum Gasteiger partial charge on any atom is -0.462 e. The van der Waals surface area contributed by atoms with Crippen molar-refractivity contribution in [3.63, 3.8) is 0 Å². The van der Waals surface area contributed by atoms with Crippen LogP contribution >= 0.6 is 11.3 Å². The predicted octanol–water partition coefficient (Wildman–Crippen LogP) is 2.22. The van der Waals surface area contributed by atoms with Crippen molar-refractivity contribution in [2.75, 3.05) is 11.9 Å². The highest BCUT2D eigenvalue weighted by Gasteiger charge is 2.23. The van der Waals surface area contributed by atoms with Crippen molar-refractivity contribution in [1.82, 2.24) is 9.78 Å². The summed E-state index contributed by atoms with van der Waals surface area (Å²) in [6, 6.07) is 3.51. The number of hydrogen-bond donors (Lipinski definition) is 1. The normalized spacial score (nSPS) is 10.3. The van der Waals surface area contributed by atoms with Crippen LogP contribution in [-0.2, 0) is 11.8 Å². The highest BCUT2D eigenvalue weighted by Crippen LogP contribution is 2.21. The second-order valence-electron chi connectivity index (χ2n) is 4.08. The number of carbonyl (C=O) groups is 2. The number of nitrogens with zero attached hydrogens (tertiary/aromatic N) is 2. The third kappa shape index (κ3) is 2.72. The SMILES string of the molecule is CCOC(=O)c1c(C)nn(C)c1NC(=O)c1cccs1. The summed E-state index contributed by atoms with van der Waals surface area (Å²) in [6.45, 7) is 3.70. The van der Waals surface area contributed by atoms with Crippen LogP contribution in [0.25, 0.3) is 0 Å². The molecule has 0 bridgehead atoms. The van der Waals surface area contributed by atoms with Gasteiger partial charge in [-0.05, 0) is 25.3 Å². The van der Waals surface area contributed by atoms with Gasteiger partial charge in [0, 0.05) is 7.05 Å². The molecule has 6 nitrogen and oxygen atoms in total. The summed E-state index contributed by atoms with van der Waals surface area (Å²) < 4.78 is 6.46. The van der Waals surface area contributed by atoms with Crippen LogP contribution in [0.2, 0.25) is 0 Å². The van der Waals surface area contributed by atoms with E-state index in [9.17, 15) is 9.59 Å². The zero-order valence-electron chi connectivity index (χ0n) is 11.5. The van der Waals surface area contributed by atoms with Gasteiger partial charge in [-0.3, -0.25) is 9.48 Å². The molecule has 2 aromatic heterocycles. The Morgan fingerprint density at radius 2 is 2.25 bits per heavy atom. The summed E-state index contributed by atoms with van der Waals surface area (Å²) >= 11 is 1.33. The van der Waals surface area contributed by atoms with Gasteiger partial charge in [0.2, 0.25) is 0 Å². The zero-order chi connectivity index (χ0) is 14.7. The molecule has 0 radical (unpaired) electrons. The van der Waals surface area contributed by atoms with Crippen molar-refractivity contribution in [3.8, 4) is 0 Å². The molecular weight excluding hydrogens is 278 g/mol. The highest BCUT2D eigenvalue weighted by atomic mass is 32.1. The van der Waals surface area contributed by atoms with E-state index in [2.05, 4.69) is 10.4 Å². The molecule has 0 saturated carbocycles. The van der Waals surface area contributed by atoms with E-state index >= 15 is 0 Å². The Morgan fingerprint density at radius 1 is 1.50 bits per heavy atom. The molecule has 0 aliphatic carbocycles. The Labute approximate surface area is 120 Å². The summed E-state index contributed by atoms with van der Waals surface area (Å²) in [6.07, 6.45) is 0. The van der Waals surface area contributed by atoms with E-state index in [0.29, 0.717) is 22.0 Å². The first kappa shape index (κ1) is 14.3. The van der Waals surface area contributed by atoms with Crippen molar-refractivity contribution in [2.24, 2.45) is 7.05 Å². The summed E-state index contributed by atoms with van der Waals surface area (Å²) in [5.74, 6) is -0.410. The number of anilines is 1. The molecule has 20 heavy (non-hydrogen) atoms. The lowest BCUT2D eigenvalue weighted by atomic mass is 10.2. The number of rotatable bonds is 4. The fourth-order valence-electron chi connectivity index (χ4n) is 1.83. The first-order valence-corrected chi connectivity index (χ1v) is 6.98. The number of aromatic nitrogens is 2. The minimum absolute atomic E-state index is 0.269. The maximum absolute atomic E-state index is 12.1. The Morgan fingerprint density at radius 3 is 2.85 bits per heavy atom. The zero-order valence-corrected chi connectivity index (χ0v) is 12.3. The van der Waals surface area contributed by atoms with Crippen molar-refractivity contribution in [2.45, 2.75) is 13.8 Å². The molecule has 0 atom stereocenters. The van der Waals surface area contributed by atoms with Crippen LogP contribution in [0.5, 0.6) is 0 Å². The smallest absolute Gasteiger partial charge is 0.343 e. The molecule has 1 amide bonds. The van der Waals surface area contributed by atoms with Gasteiger partial charge in [0.1, 0.15) is 11.4 Å². The highest BCUT2D eigenvalue weighted by molar-refractivity contribution is 7.12. The molecule has 0 spiro atoms. The Hall–Kier alpha value is -2.15. The maximum Gasteiger partial charge on any atom is 0.343 e. The fourth-order valence-corrected chi connectivity index (χ4v) is 2.45. The summed E-state index contributed by atoms with van der Waals surface area (Å²) in [5.41, 5.74) is 0.812. The van der Waals surface area contributed by atoms with Crippen LogP contribution in [0.1, 0.15) is 32.6 Å². The van der Waals surface area contributed by atoms with Crippen molar-refractivity contribution in [3.05, 3.63) is 33.6 Å². The molecule has 2 heterocycles. The topological polar surface area (TPSA) is 73.2 Å². The molecule has 7 heteroatoms. The monoisotopic (exact) mass is 293 g/mol. The van der Waals surface area contributed by atoms with Gasteiger partial charge >= 0.3 is 5.97 Å². The summed E-state index contributed by atoms with van der Waals surface area (Å²) in [4.78, 5) is 24.6. The quantitative estimate of drug-likeness (QED) is 0.877. The molecule has 0 fully saturated rings. The average molecular weight is 293 g/mol. The van der Waals surface area contributed by atoms with Crippen LogP contribution in [0, 0.1) is 6.92 Å². The van der Waals surface area contributed by atoms with Gasteiger partial charge < -0.3 is 10.1 Å². The van der Waals surface area contributed by atoms with Crippen molar-refractivity contribution < 1.29 is 14.3 Å². The van der Waals surface area contributed by atoms with Crippen LogP contribution in [0.15, 0.2) is 17.5 Å². The fraction of sp³-hybridized carbons (Fsp3) is 0.308. The van der Waals surface area contributed by atoms with E-state index in [1.54, 1.807) is 33.0 Å². The van der Waals surface area contributed by atoms with E-state index in [1.807, 2.05) is 5.38 Å². The third-order valence-electron chi connectivity index (χ3n) is 2.68. The Kier molecular flexibility index (Phi) is 4.19. The van der Waals surface area contributed by atoms with Gasteiger partial charge in [0.25, 0.3) is 5.91 Å². The van der Waals surface area contributed by atoms with Gasteiger partial charge in [0.05, 0.1) is 17.2 Å². The first-order valence-electron chi connectivity index (χ1n) is 6.10. The molecule has 0 aliphatic rings. The Bertz CT molecular complexity index is 632. The minimum atomic E-state index is -0.487. The average Bonchev–Trinajstić information content (AvgIpc) is 2.99. The van der Waals surface area contributed by atoms with E-state index < -0.39 is 5.97 Å². The number of esters is 1. The third-order valence-corrected chi connectivity index (χ3v) is 3.55. The lowest BCUT2D eigenvalue weighted by Crippen LogP contribution is -2.16. The van der Waals surface area contributed by atoms with E-state index in [4.69, 9.17) is 4.74 Å². The van der Waals surface area contributed by atoms with Crippen LogP contribution < -0.4 is 5.32 Å². The van der Waals surface area contributed by atoms with Gasteiger partial charge in [-0.25, -0.2) is 4.79 Å². The standard InChI is InChI=1S/C13H15N3O3S/c1-4-19-13(18)10-8(2)15-16(3)11(10)14-12(17)9-6-5-7-20-9/h5-7H,4H2,1-3H3,(H,14,17). The predicted molar refractivity (Wildman–Crippen MR) is 76.2 cm³/mol.